The highest BCUT2D eigenvalue weighted by Gasteiger charge is 2.23. The van der Waals surface area contributed by atoms with Crippen LogP contribution in [0.5, 0.6) is 0 Å². The Labute approximate surface area is 153 Å². The molecule has 0 bridgehead atoms. The number of imidazole rings is 1. The second-order valence-electron chi connectivity index (χ2n) is 6.19. The van der Waals surface area contributed by atoms with E-state index in [2.05, 4.69) is 39.8 Å². The van der Waals surface area contributed by atoms with Gasteiger partial charge in [0.05, 0.1) is 36.9 Å². The van der Waals surface area contributed by atoms with Crippen molar-refractivity contribution in [3.05, 3.63) is 53.4 Å². The predicted molar refractivity (Wildman–Crippen MR) is 92.2 cm³/mol. The fraction of sp³-hybridized carbons (Fsp3) is 0.375. The highest BCUT2D eigenvalue weighted by Crippen LogP contribution is 2.34. The first-order chi connectivity index (χ1) is 12.6. The van der Waals surface area contributed by atoms with E-state index in [0.29, 0.717) is 30.1 Å². The van der Waals surface area contributed by atoms with Gasteiger partial charge in [0.2, 0.25) is 11.2 Å². The molecule has 26 heavy (non-hydrogen) atoms. The van der Waals surface area contributed by atoms with Crippen LogP contribution in [0.1, 0.15) is 49.2 Å². The Balaban J connectivity index is 1.48. The third kappa shape index (κ3) is 3.93. The molecule has 0 saturated heterocycles. The summed E-state index contributed by atoms with van der Waals surface area (Å²) in [6, 6.07) is 0.253. The summed E-state index contributed by atoms with van der Waals surface area (Å²) in [7, 11) is 0. The van der Waals surface area contributed by atoms with Crippen molar-refractivity contribution in [1.82, 2.24) is 34.5 Å². The van der Waals surface area contributed by atoms with Crippen LogP contribution in [0.15, 0.2) is 24.9 Å². The summed E-state index contributed by atoms with van der Waals surface area (Å²) < 4.78 is 15.1. The molecule has 4 rings (SSSR count). The molecular weight excluding hydrogens is 359 g/mol. The van der Waals surface area contributed by atoms with Crippen molar-refractivity contribution < 1.29 is 4.39 Å². The predicted octanol–water partition coefficient (Wildman–Crippen LogP) is 2.75. The molecule has 1 N–H and O–H groups in total. The molecule has 0 unspecified atom stereocenters. The van der Waals surface area contributed by atoms with Gasteiger partial charge >= 0.3 is 0 Å². The molecule has 1 atom stereocenters. The molecule has 0 spiro atoms. The van der Waals surface area contributed by atoms with Gasteiger partial charge in [0.15, 0.2) is 5.82 Å². The second kappa shape index (κ2) is 6.91. The average molecular weight is 375 g/mol. The number of anilines is 1. The molecular formula is C16H16ClFN8. The maximum Gasteiger partial charge on any atom is 0.227 e. The summed E-state index contributed by atoms with van der Waals surface area (Å²) in [4.78, 5) is 24.9. The minimum Gasteiger partial charge on any atom is -0.344 e. The zero-order chi connectivity index (χ0) is 18.1. The smallest absolute Gasteiger partial charge is 0.227 e. The van der Waals surface area contributed by atoms with E-state index >= 15 is 0 Å². The first-order valence-electron chi connectivity index (χ1n) is 8.23. The maximum atomic E-state index is 12.9. The van der Waals surface area contributed by atoms with E-state index in [1.807, 2.05) is 19.4 Å². The number of nitrogens with one attached hydrogen (secondary N) is 1. The van der Waals surface area contributed by atoms with Crippen LogP contribution in [0.25, 0.3) is 0 Å². The third-order valence-corrected chi connectivity index (χ3v) is 4.16. The second-order valence-corrected chi connectivity index (χ2v) is 6.53. The van der Waals surface area contributed by atoms with Gasteiger partial charge in [0.25, 0.3) is 0 Å². The highest BCUT2D eigenvalue weighted by atomic mass is 35.5. The Morgan fingerprint density at radius 1 is 1.23 bits per heavy atom. The summed E-state index contributed by atoms with van der Waals surface area (Å²) >= 11 is 6.02. The molecule has 1 saturated carbocycles. The Kier molecular flexibility index (Phi) is 4.46. The first-order valence-corrected chi connectivity index (χ1v) is 8.61. The van der Waals surface area contributed by atoms with Crippen molar-refractivity contribution in [3.63, 3.8) is 0 Å². The molecule has 3 aromatic rings. The molecule has 10 heteroatoms. The SMILES string of the molecule is C[C@H](Nc1nc(Cl)nc(Cc2cn(C3CC3)cn2)n1)c1ncc(F)cn1. The van der Waals surface area contributed by atoms with Crippen LogP contribution in [-0.4, -0.2) is 34.5 Å². The molecule has 0 aromatic carbocycles. The van der Waals surface area contributed by atoms with E-state index in [-0.39, 0.29) is 11.3 Å². The molecule has 0 aliphatic heterocycles. The Bertz CT molecular complexity index is 909. The fourth-order valence-corrected chi connectivity index (χ4v) is 2.72. The van der Waals surface area contributed by atoms with E-state index in [1.165, 1.54) is 12.8 Å². The van der Waals surface area contributed by atoms with Crippen molar-refractivity contribution in [2.75, 3.05) is 5.32 Å². The van der Waals surface area contributed by atoms with Gasteiger partial charge in [0.1, 0.15) is 11.6 Å². The van der Waals surface area contributed by atoms with Crippen LogP contribution in [0, 0.1) is 5.82 Å². The molecule has 1 fully saturated rings. The lowest BCUT2D eigenvalue weighted by Crippen LogP contribution is -2.14. The normalized spacial score (nSPS) is 15.0. The van der Waals surface area contributed by atoms with Crippen LogP contribution < -0.4 is 5.32 Å². The monoisotopic (exact) mass is 374 g/mol. The number of hydrogen-bond donors (Lipinski definition) is 1. The van der Waals surface area contributed by atoms with Crippen LogP contribution in [0.3, 0.4) is 0 Å². The molecule has 0 amide bonds. The van der Waals surface area contributed by atoms with E-state index in [9.17, 15) is 4.39 Å². The van der Waals surface area contributed by atoms with Gasteiger partial charge in [-0.15, -0.1) is 0 Å². The third-order valence-electron chi connectivity index (χ3n) is 3.99. The molecule has 1 aliphatic rings. The van der Waals surface area contributed by atoms with E-state index in [1.54, 1.807) is 0 Å². The van der Waals surface area contributed by atoms with Crippen LogP contribution in [0.2, 0.25) is 5.28 Å². The summed E-state index contributed by atoms with van der Waals surface area (Å²) in [6.07, 6.45) is 8.93. The molecule has 0 radical (unpaired) electrons. The van der Waals surface area contributed by atoms with Gasteiger partial charge in [0, 0.05) is 12.2 Å². The molecule has 8 nitrogen and oxygen atoms in total. The standard InChI is InChI=1S/C16H16ClFN8/c1-9(14-19-5-10(18)6-20-14)22-16-24-13(23-15(17)25-16)4-11-7-26(8-21-11)12-2-3-12/h5-9,12H,2-4H2,1H3,(H,22,23,24,25)/t9-/m0/s1. The lowest BCUT2D eigenvalue weighted by atomic mass is 10.3. The Morgan fingerprint density at radius 2 is 2.00 bits per heavy atom. The Hall–Kier alpha value is -2.68. The largest absolute Gasteiger partial charge is 0.344 e. The molecule has 1 aliphatic carbocycles. The summed E-state index contributed by atoms with van der Waals surface area (Å²) in [5.41, 5.74) is 0.875. The zero-order valence-corrected chi connectivity index (χ0v) is 14.7. The number of nitrogens with zero attached hydrogens (tertiary/aromatic N) is 7. The number of halogens is 2. The quantitative estimate of drug-likeness (QED) is 0.708. The number of aromatic nitrogens is 7. The van der Waals surface area contributed by atoms with Crippen molar-refractivity contribution in [2.45, 2.75) is 38.3 Å². The van der Waals surface area contributed by atoms with Crippen LogP contribution in [0.4, 0.5) is 10.3 Å². The van der Waals surface area contributed by atoms with Crippen LogP contribution in [-0.2, 0) is 6.42 Å². The van der Waals surface area contributed by atoms with E-state index < -0.39 is 5.82 Å². The average Bonchev–Trinajstić information content (AvgIpc) is 3.35. The van der Waals surface area contributed by atoms with Gasteiger partial charge in [-0.2, -0.15) is 9.97 Å². The maximum absolute atomic E-state index is 12.9. The van der Waals surface area contributed by atoms with Crippen LogP contribution >= 0.6 is 11.6 Å². The van der Waals surface area contributed by atoms with E-state index in [0.717, 1.165) is 18.1 Å². The minimum atomic E-state index is -0.489. The molecule has 3 heterocycles. The molecule has 3 aromatic heterocycles. The summed E-state index contributed by atoms with van der Waals surface area (Å²) in [5, 5.41) is 3.15. The lowest BCUT2D eigenvalue weighted by Gasteiger charge is -2.12. The highest BCUT2D eigenvalue weighted by molar-refractivity contribution is 6.28. The minimum absolute atomic E-state index is 0.0892. The van der Waals surface area contributed by atoms with E-state index in [4.69, 9.17) is 11.6 Å². The van der Waals surface area contributed by atoms with Crippen molar-refractivity contribution >= 4 is 17.5 Å². The topological polar surface area (TPSA) is 94.3 Å². The first kappa shape index (κ1) is 16.8. The van der Waals surface area contributed by atoms with Gasteiger partial charge in [-0.1, -0.05) is 0 Å². The lowest BCUT2D eigenvalue weighted by molar-refractivity contribution is 0.604. The van der Waals surface area contributed by atoms with Crippen molar-refractivity contribution in [2.24, 2.45) is 0 Å². The zero-order valence-electron chi connectivity index (χ0n) is 14.0. The van der Waals surface area contributed by atoms with Crippen molar-refractivity contribution in [3.8, 4) is 0 Å². The Morgan fingerprint density at radius 3 is 2.73 bits per heavy atom. The summed E-state index contributed by atoms with van der Waals surface area (Å²) in [5.74, 6) is 0.757. The van der Waals surface area contributed by atoms with Gasteiger partial charge in [-0.3, -0.25) is 0 Å². The molecule has 134 valence electrons. The summed E-state index contributed by atoms with van der Waals surface area (Å²) in [6.45, 7) is 1.82. The van der Waals surface area contributed by atoms with Gasteiger partial charge in [-0.05, 0) is 31.4 Å². The van der Waals surface area contributed by atoms with Gasteiger partial charge < -0.3 is 9.88 Å². The number of rotatable bonds is 6. The van der Waals surface area contributed by atoms with Gasteiger partial charge in [-0.25, -0.2) is 24.3 Å². The number of hydrogen-bond acceptors (Lipinski definition) is 7. The van der Waals surface area contributed by atoms with Crippen molar-refractivity contribution in [1.29, 1.82) is 0 Å². The fourth-order valence-electron chi connectivity index (χ4n) is 2.54.